The normalized spacial score (nSPS) is 17.2. The molecule has 0 aliphatic carbocycles. The van der Waals surface area contributed by atoms with Crippen molar-refractivity contribution in [2.75, 3.05) is 5.32 Å². The van der Waals surface area contributed by atoms with Crippen molar-refractivity contribution in [3.8, 4) is 0 Å². The highest BCUT2D eigenvalue weighted by Crippen LogP contribution is 2.29. The Bertz CT molecular complexity index is 1000. The summed E-state index contributed by atoms with van der Waals surface area (Å²) in [6.45, 7) is 3.67. The van der Waals surface area contributed by atoms with Gasteiger partial charge in [-0.15, -0.1) is 0 Å². The van der Waals surface area contributed by atoms with Gasteiger partial charge in [-0.1, -0.05) is 35.4 Å². The Morgan fingerprint density at radius 3 is 2.44 bits per heavy atom. The van der Waals surface area contributed by atoms with Gasteiger partial charge in [-0.2, -0.15) is 0 Å². The van der Waals surface area contributed by atoms with E-state index in [1.807, 2.05) is 13.8 Å². The van der Waals surface area contributed by atoms with Crippen molar-refractivity contribution in [1.82, 2.24) is 4.31 Å². The lowest BCUT2D eigenvalue weighted by atomic mass is 10.2. The van der Waals surface area contributed by atoms with E-state index in [4.69, 9.17) is 11.6 Å². The fourth-order valence-corrected chi connectivity index (χ4v) is 4.70. The Morgan fingerprint density at radius 1 is 1.15 bits per heavy atom. The molecule has 0 bridgehead atoms. The van der Waals surface area contributed by atoms with Crippen molar-refractivity contribution in [3.05, 3.63) is 58.6 Å². The topological polar surface area (TPSA) is 83.6 Å². The van der Waals surface area contributed by atoms with Gasteiger partial charge >= 0.3 is 0 Å². The van der Waals surface area contributed by atoms with E-state index in [0.29, 0.717) is 15.0 Å². The maximum atomic E-state index is 12.9. The van der Waals surface area contributed by atoms with E-state index in [1.165, 1.54) is 12.1 Å². The number of nitrogens with one attached hydrogen (secondary N) is 1. The van der Waals surface area contributed by atoms with Crippen LogP contribution in [-0.4, -0.2) is 30.6 Å². The van der Waals surface area contributed by atoms with Gasteiger partial charge < -0.3 is 5.32 Å². The standard InChI is InChI=1S/C19H19ClN2O4S/c1-12-3-7-15(8-4-12)27(25,26)22-17(9-10-18(22)23)19(24)21-14-6-5-13(2)16(20)11-14/h3-8,11,17H,9-10H2,1-2H3,(H,21,24)/t17-/m0/s1. The number of amides is 2. The molecule has 27 heavy (non-hydrogen) atoms. The van der Waals surface area contributed by atoms with Gasteiger partial charge in [0.15, 0.2) is 0 Å². The number of halogens is 1. The summed E-state index contributed by atoms with van der Waals surface area (Å²) in [5, 5.41) is 3.14. The molecule has 0 saturated carbocycles. The number of sulfonamides is 1. The highest BCUT2D eigenvalue weighted by molar-refractivity contribution is 7.89. The predicted molar refractivity (Wildman–Crippen MR) is 103 cm³/mol. The molecule has 1 aliphatic heterocycles. The monoisotopic (exact) mass is 406 g/mol. The van der Waals surface area contributed by atoms with Crippen LogP contribution in [0.2, 0.25) is 5.02 Å². The van der Waals surface area contributed by atoms with Crippen LogP contribution in [0.3, 0.4) is 0 Å². The van der Waals surface area contributed by atoms with Crippen LogP contribution in [0.5, 0.6) is 0 Å². The highest BCUT2D eigenvalue weighted by atomic mass is 35.5. The molecule has 1 fully saturated rings. The van der Waals surface area contributed by atoms with Gasteiger partial charge in [-0.05, 0) is 50.1 Å². The first kappa shape index (κ1) is 19.4. The summed E-state index contributed by atoms with van der Waals surface area (Å²) in [4.78, 5) is 24.9. The lowest BCUT2D eigenvalue weighted by Crippen LogP contribution is -2.45. The minimum Gasteiger partial charge on any atom is -0.324 e. The zero-order valence-electron chi connectivity index (χ0n) is 14.9. The van der Waals surface area contributed by atoms with Gasteiger partial charge in [0.05, 0.1) is 4.90 Å². The molecule has 1 heterocycles. The zero-order valence-corrected chi connectivity index (χ0v) is 16.5. The maximum absolute atomic E-state index is 12.9. The van der Waals surface area contributed by atoms with Crippen molar-refractivity contribution >= 4 is 39.1 Å². The van der Waals surface area contributed by atoms with Gasteiger partial charge in [0.25, 0.3) is 10.0 Å². The number of rotatable bonds is 4. The molecule has 2 aromatic rings. The minimum absolute atomic E-state index is 0.00215. The van der Waals surface area contributed by atoms with Gasteiger partial charge in [0, 0.05) is 17.1 Å². The third kappa shape index (κ3) is 3.84. The molecule has 0 spiro atoms. The van der Waals surface area contributed by atoms with Crippen LogP contribution in [-0.2, 0) is 19.6 Å². The average Bonchev–Trinajstić information content (AvgIpc) is 3.01. The van der Waals surface area contributed by atoms with Crippen molar-refractivity contribution in [3.63, 3.8) is 0 Å². The average molecular weight is 407 g/mol. The Hall–Kier alpha value is -2.38. The summed E-state index contributed by atoms with van der Waals surface area (Å²) in [7, 11) is -4.11. The first-order valence-electron chi connectivity index (χ1n) is 8.41. The van der Waals surface area contributed by atoms with E-state index < -0.39 is 27.9 Å². The molecule has 2 amide bonds. The predicted octanol–water partition coefficient (Wildman–Crippen LogP) is 3.28. The summed E-state index contributed by atoms with van der Waals surface area (Å²) in [5.74, 6) is -1.14. The van der Waals surface area contributed by atoms with Gasteiger partial charge in [0.1, 0.15) is 6.04 Å². The molecule has 142 valence electrons. The number of carbonyl (C=O) groups excluding carboxylic acids is 2. The molecule has 6 nitrogen and oxygen atoms in total. The van der Waals surface area contributed by atoms with Crippen LogP contribution in [0.25, 0.3) is 0 Å². The lowest BCUT2D eigenvalue weighted by Gasteiger charge is -2.24. The van der Waals surface area contributed by atoms with E-state index in [-0.39, 0.29) is 17.7 Å². The fraction of sp³-hybridized carbons (Fsp3) is 0.263. The number of hydrogen-bond acceptors (Lipinski definition) is 4. The molecule has 1 saturated heterocycles. The molecular formula is C19H19ClN2O4S. The van der Waals surface area contributed by atoms with Gasteiger partial charge in [-0.3, -0.25) is 9.59 Å². The van der Waals surface area contributed by atoms with Crippen LogP contribution in [0.15, 0.2) is 47.4 Å². The molecule has 1 N–H and O–H groups in total. The third-order valence-corrected chi connectivity index (χ3v) is 6.73. The first-order chi connectivity index (χ1) is 12.7. The Labute approximate surface area is 163 Å². The Kier molecular flexibility index (Phi) is 5.26. The molecule has 1 aliphatic rings. The number of anilines is 1. The number of carbonyl (C=O) groups is 2. The van der Waals surface area contributed by atoms with E-state index in [0.717, 1.165) is 11.1 Å². The quantitative estimate of drug-likeness (QED) is 0.844. The van der Waals surface area contributed by atoms with Crippen LogP contribution in [0.4, 0.5) is 5.69 Å². The molecular weight excluding hydrogens is 388 g/mol. The number of benzene rings is 2. The SMILES string of the molecule is Cc1ccc(S(=O)(=O)N2C(=O)CC[C@H]2C(=O)Nc2ccc(C)c(Cl)c2)cc1. The van der Waals surface area contributed by atoms with E-state index in [2.05, 4.69) is 5.32 Å². The number of nitrogens with zero attached hydrogens (tertiary/aromatic N) is 1. The van der Waals surface area contributed by atoms with E-state index >= 15 is 0 Å². The molecule has 0 aromatic heterocycles. The van der Waals surface area contributed by atoms with Crippen LogP contribution in [0.1, 0.15) is 24.0 Å². The van der Waals surface area contributed by atoms with Crippen LogP contribution < -0.4 is 5.32 Å². The van der Waals surface area contributed by atoms with Crippen LogP contribution >= 0.6 is 11.6 Å². The minimum atomic E-state index is -4.11. The maximum Gasteiger partial charge on any atom is 0.267 e. The van der Waals surface area contributed by atoms with Gasteiger partial charge in [-0.25, -0.2) is 12.7 Å². The van der Waals surface area contributed by atoms with Crippen molar-refractivity contribution in [2.24, 2.45) is 0 Å². The second-order valence-electron chi connectivity index (χ2n) is 6.52. The lowest BCUT2D eigenvalue weighted by molar-refractivity contribution is -0.128. The summed E-state index contributed by atoms with van der Waals surface area (Å²) in [5.41, 5.74) is 2.20. The fourth-order valence-electron chi connectivity index (χ4n) is 2.92. The summed E-state index contributed by atoms with van der Waals surface area (Å²) in [6.07, 6.45) is 0.132. The third-order valence-electron chi connectivity index (χ3n) is 4.48. The Morgan fingerprint density at radius 2 is 1.81 bits per heavy atom. The summed E-state index contributed by atoms with van der Waals surface area (Å²) < 4.78 is 26.5. The molecule has 0 radical (unpaired) electrons. The smallest absolute Gasteiger partial charge is 0.267 e. The number of hydrogen-bond donors (Lipinski definition) is 1. The second-order valence-corrected chi connectivity index (χ2v) is 8.74. The molecule has 3 rings (SSSR count). The number of aryl methyl sites for hydroxylation is 2. The van der Waals surface area contributed by atoms with E-state index in [9.17, 15) is 18.0 Å². The van der Waals surface area contributed by atoms with Crippen molar-refractivity contribution in [2.45, 2.75) is 37.6 Å². The Balaban J connectivity index is 1.88. The van der Waals surface area contributed by atoms with Gasteiger partial charge in [0.2, 0.25) is 11.8 Å². The zero-order chi connectivity index (χ0) is 19.8. The largest absolute Gasteiger partial charge is 0.324 e. The highest BCUT2D eigenvalue weighted by Gasteiger charge is 2.44. The molecule has 1 atom stereocenters. The second kappa shape index (κ2) is 7.32. The molecule has 0 unspecified atom stereocenters. The van der Waals surface area contributed by atoms with E-state index in [1.54, 1.807) is 30.3 Å². The van der Waals surface area contributed by atoms with Crippen molar-refractivity contribution in [1.29, 1.82) is 0 Å². The summed E-state index contributed by atoms with van der Waals surface area (Å²) >= 11 is 6.06. The molecule has 8 heteroatoms. The molecule has 2 aromatic carbocycles. The first-order valence-corrected chi connectivity index (χ1v) is 10.2. The van der Waals surface area contributed by atoms with Crippen molar-refractivity contribution < 1.29 is 18.0 Å². The van der Waals surface area contributed by atoms with Crippen LogP contribution in [0, 0.1) is 13.8 Å². The summed E-state index contributed by atoms with van der Waals surface area (Å²) in [6, 6.07) is 10.1.